The summed E-state index contributed by atoms with van der Waals surface area (Å²) in [7, 11) is -3.14. The second kappa shape index (κ2) is 6.77. The van der Waals surface area contributed by atoms with E-state index in [1.165, 1.54) is 6.26 Å². The number of aromatic hydroxyl groups is 1. The van der Waals surface area contributed by atoms with Crippen molar-refractivity contribution in [3.05, 3.63) is 29.8 Å². The zero-order valence-electron chi connectivity index (χ0n) is 12.6. The van der Waals surface area contributed by atoms with Crippen LogP contribution in [-0.2, 0) is 10.0 Å². The lowest BCUT2D eigenvalue weighted by Gasteiger charge is -2.25. The molecule has 0 bridgehead atoms. The van der Waals surface area contributed by atoms with Crippen LogP contribution in [0, 0.1) is 0 Å². The molecule has 1 aromatic carbocycles. The largest absolute Gasteiger partial charge is 0.508 e. The first-order chi connectivity index (χ1) is 9.93. The zero-order chi connectivity index (χ0) is 15.5. The summed E-state index contributed by atoms with van der Waals surface area (Å²) in [5.41, 5.74) is 0.865. The molecule has 2 atom stereocenters. The van der Waals surface area contributed by atoms with Crippen LogP contribution in [-0.4, -0.2) is 43.2 Å². The molecule has 1 aliphatic rings. The molecule has 1 saturated heterocycles. The van der Waals surface area contributed by atoms with E-state index in [1.54, 1.807) is 16.4 Å². The van der Waals surface area contributed by atoms with Crippen molar-refractivity contribution in [3.8, 4) is 5.75 Å². The average molecular weight is 312 g/mol. The van der Waals surface area contributed by atoms with Gasteiger partial charge in [0.2, 0.25) is 10.0 Å². The van der Waals surface area contributed by atoms with Crippen molar-refractivity contribution < 1.29 is 13.5 Å². The van der Waals surface area contributed by atoms with Gasteiger partial charge >= 0.3 is 0 Å². The number of benzene rings is 1. The van der Waals surface area contributed by atoms with Crippen molar-refractivity contribution in [1.29, 1.82) is 0 Å². The van der Waals surface area contributed by atoms with Crippen molar-refractivity contribution >= 4 is 10.0 Å². The number of hydrogen-bond donors (Lipinski definition) is 2. The summed E-state index contributed by atoms with van der Waals surface area (Å²) in [5, 5.41) is 13.3. The molecule has 1 heterocycles. The van der Waals surface area contributed by atoms with E-state index < -0.39 is 10.0 Å². The van der Waals surface area contributed by atoms with Crippen LogP contribution >= 0.6 is 0 Å². The number of nitrogens with zero attached hydrogens (tertiary/aromatic N) is 1. The SMILES string of the molecule is CC[C@H](NC[C@H]1CCCN1S(C)(=O)=O)c1ccccc1O. The summed E-state index contributed by atoms with van der Waals surface area (Å²) in [4.78, 5) is 0. The first-order valence-electron chi connectivity index (χ1n) is 7.41. The van der Waals surface area contributed by atoms with Crippen LogP contribution in [0.25, 0.3) is 0 Å². The predicted octanol–water partition coefficient (Wildman–Crippen LogP) is 1.86. The highest BCUT2D eigenvalue weighted by Crippen LogP contribution is 2.27. The molecule has 0 radical (unpaired) electrons. The predicted molar refractivity (Wildman–Crippen MR) is 83.7 cm³/mol. The van der Waals surface area contributed by atoms with Crippen LogP contribution in [0.2, 0.25) is 0 Å². The normalized spacial score (nSPS) is 21.5. The quantitative estimate of drug-likeness (QED) is 0.841. The Balaban J connectivity index is 2.02. The highest BCUT2D eigenvalue weighted by atomic mass is 32.2. The summed E-state index contributed by atoms with van der Waals surface area (Å²) in [6, 6.07) is 7.33. The lowest BCUT2D eigenvalue weighted by atomic mass is 10.0. The van der Waals surface area contributed by atoms with Crippen molar-refractivity contribution in [3.63, 3.8) is 0 Å². The molecule has 6 heteroatoms. The van der Waals surface area contributed by atoms with E-state index >= 15 is 0 Å². The van der Waals surface area contributed by atoms with Gasteiger partial charge in [-0.05, 0) is 25.3 Å². The molecule has 0 spiro atoms. The molecule has 118 valence electrons. The maximum Gasteiger partial charge on any atom is 0.211 e. The third kappa shape index (κ3) is 3.96. The Hall–Kier alpha value is -1.11. The van der Waals surface area contributed by atoms with E-state index in [1.807, 2.05) is 19.1 Å². The van der Waals surface area contributed by atoms with Gasteiger partial charge in [-0.2, -0.15) is 4.31 Å². The van der Waals surface area contributed by atoms with Gasteiger partial charge in [-0.25, -0.2) is 8.42 Å². The van der Waals surface area contributed by atoms with E-state index in [4.69, 9.17) is 0 Å². The van der Waals surface area contributed by atoms with E-state index in [2.05, 4.69) is 5.32 Å². The average Bonchev–Trinajstić information content (AvgIpc) is 2.90. The minimum absolute atomic E-state index is 0.0138. The van der Waals surface area contributed by atoms with Gasteiger partial charge in [0.25, 0.3) is 0 Å². The first-order valence-corrected chi connectivity index (χ1v) is 9.26. The summed E-state index contributed by atoms with van der Waals surface area (Å²) in [6.45, 7) is 3.27. The number of phenolic OH excluding ortho intramolecular Hbond substituents is 1. The minimum Gasteiger partial charge on any atom is -0.508 e. The topological polar surface area (TPSA) is 69.6 Å². The maximum atomic E-state index is 11.7. The molecule has 2 rings (SSSR count). The molecule has 1 aliphatic heterocycles. The molecule has 0 aliphatic carbocycles. The van der Waals surface area contributed by atoms with Gasteiger partial charge in [0, 0.05) is 30.7 Å². The minimum atomic E-state index is -3.14. The molecule has 2 N–H and O–H groups in total. The van der Waals surface area contributed by atoms with E-state index in [0.717, 1.165) is 24.8 Å². The smallest absolute Gasteiger partial charge is 0.211 e. The third-order valence-electron chi connectivity index (χ3n) is 4.07. The fourth-order valence-electron chi connectivity index (χ4n) is 2.98. The number of hydrogen-bond acceptors (Lipinski definition) is 4. The summed E-state index contributed by atoms with van der Waals surface area (Å²) < 4.78 is 25.1. The molecule has 0 amide bonds. The number of sulfonamides is 1. The van der Waals surface area contributed by atoms with Crippen molar-refractivity contribution in [1.82, 2.24) is 9.62 Å². The summed E-state index contributed by atoms with van der Waals surface area (Å²) in [5.74, 6) is 0.281. The van der Waals surface area contributed by atoms with Gasteiger partial charge in [-0.1, -0.05) is 25.1 Å². The second-order valence-corrected chi connectivity index (χ2v) is 7.53. The van der Waals surface area contributed by atoms with E-state index in [-0.39, 0.29) is 17.8 Å². The Morgan fingerprint density at radius 3 is 2.76 bits per heavy atom. The highest BCUT2D eigenvalue weighted by Gasteiger charge is 2.31. The van der Waals surface area contributed by atoms with Crippen LogP contribution in [0.3, 0.4) is 0 Å². The van der Waals surface area contributed by atoms with Crippen molar-refractivity contribution in [2.75, 3.05) is 19.3 Å². The van der Waals surface area contributed by atoms with Gasteiger partial charge in [0.1, 0.15) is 5.75 Å². The number of nitrogens with one attached hydrogen (secondary N) is 1. The summed E-state index contributed by atoms with van der Waals surface area (Å²) >= 11 is 0. The van der Waals surface area contributed by atoms with E-state index in [0.29, 0.717) is 13.1 Å². The molecule has 0 saturated carbocycles. The Morgan fingerprint density at radius 2 is 2.14 bits per heavy atom. The Labute approximate surface area is 127 Å². The van der Waals surface area contributed by atoms with Gasteiger partial charge in [-0.3, -0.25) is 0 Å². The lowest BCUT2D eigenvalue weighted by molar-refractivity contribution is 0.353. The van der Waals surface area contributed by atoms with Crippen LogP contribution in [0.4, 0.5) is 0 Å². The molecule has 1 fully saturated rings. The number of rotatable bonds is 6. The lowest BCUT2D eigenvalue weighted by Crippen LogP contribution is -2.41. The molecule has 0 unspecified atom stereocenters. The van der Waals surface area contributed by atoms with Gasteiger partial charge in [-0.15, -0.1) is 0 Å². The molecule has 21 heavy (non-hydrogen) atoms. The molecular formula is C15H24N2O3S. The van der Waals surface area contributed by atoms with Gasteiger partial charge < -0.3 is 10.4 Å². The van der Waals surface area contributed by atoms with Crippen molar-refractivity contribution in [2.24, 2.45) is 0 Å². The van der Waals surface area contributed by atoms with E-state index in [9.17, 15) is 13.5 Å². The number of phenols is 1. The Morgan fingerprint density at radius 1 is 1.43 bits per heavy atom. The molecule has 1 aromatic rings. The maximum absolute atomic E-state index is 11.7. The molecule has 5 nitrogen and oxygen atoms in total. The summed E-state index contributed by atoms with van der Waals surface area (Å²) in [6.07, 6.45) is 3.90. The van der Waals surface area contributed by atoms with Crippen LogP contribution < -0.4 is 5.32 Å². The van der Waals surface area contributed by atoms with Crippen LogP contribution in [0.15, 0.2) is 24.3 Å². The monoisotopic (exact) mass is 312 g/mol. The van der Waals surface area contributed by atoms with Crippen LogP contribution in [0.5, 0.6) is 5.75 Å². The van der Waals surface area contributed by atoms with Gasteiger partial charge in [0.15, 0.2) is 0 Å². The Kier molecular flexibility index (Phi) is 5.24. The molecular weight excluding hydrogens is 288 g/mol. The number of para-hydroxylation sites is 1. The zero-order valence-corrected chi connectivity index (χ0v) is 13.4. The van der Waals surface area contributed by atoms with Crippen LogP contribution in [0.1, 0.15) is 37.8 Å². The van der Waals surface area contributed by atoms with Crippen molar-refractivity contribution in [2.45, 2.75) is 38.3 Å². The molecule has 0 aromatic heterocycles. The van der Waals surface area contributed by atoms with Gasteiger partial charge in [0.05, 0.1) is 6.26 Å². The fourth-order valence-corrected chi connectivity index (χ4v) is 4.17. The first kappa shape index (κ1) is 16.3. The highest BCUT2D eigenvalue weighted by molar-refractivity contribution is 7.88. The standard InChI is InChI=1S/C15H24N2O3S/c1-3-14(13-8-4-5-9-15(13)18)16-11-12-7-6-10-17(12)21(2,19)20/h4-5,8-9,12,14,16,18H,3,6-7,10-11H2,1-2H3/t12-,14+/m1/s1. The second-order valence-electron chi connectivity index (χ2n) is 5.60. The fraction of sp³-hybridized carbons (Fsp3) is 0.600. The third-order valence-corrected chi connectivity index (χ3v) is 5.40. The Bertz CT molecular complexity index is 574.